The van der Waals surface area contributed by atoms with Crippen LogP contribution < -0.4 is 5.73 Å². The van der Waals surface area contributed by atoms with Crippen LogP contribution in [0.3, 0.4) is 0 Å². The van der Waals surface area contributed by atoms with Crippen molar-refractivity contribution in [1.29, 1.82) is 0 Å². The van der Waals surface area contributed by atoms with Crippen molar-refractivity contribution in [2.24, 2.45) is 0 Å². The molecule has 5 rings (SSSR count). The van der Waals surface area contributed by atoms with Gasteiger partial charge in [-0.2, -0.15) is 10.1 Å². The molecule has 0 bridgehead atoms. The molecule has 0 aliphatic carbocycles. The van der Waals surface area contributed by atoms with E-state index in [0.717, 1.165) is 33.5 Å². The summed E-state index contributed by atoms with van der Waals surface area (Å²) in [4.78, 5) is 4.24. The average molecular weight is 412 g/mol. The van der Waals surface area contributed by atoms with Gasteiger partial charge < -0.3 is 5.73 Å². The van der Waals surface area contributed by atoms with Gasteiger partial charge in [0.2, 0.25) is 5.95 Å². The molecule has 7 heteroatoms. The number of rotatable bonds is 4. The van der Waals surface area contributed by atoms with E-state index in [1.807, 2.05) is 42.2 Å². The summed E-state index contributed by atoms with van der Waals surface area (Å²) in [5, 5.41) is 8.84. The lowest BCUT2D eigenvalue weighted by molar-refractivity contribution is 0.558. The highest BCUT2D eigenvalue weighted by molar-refractivity contribution is 5.75. The van der Waals surface area contributed by atoms with Crippen LogP contribution in [0, 0.1) is 12.7 Å². The van der Waals surface area contributed by atoms with Gasteiger partial charge in [0.05, 0.1) is 11.7 Å². The highest BCUT2D eigenvalue weighted by atomic mass is 19.1. The Morgan fingerprint density at radius 2 is 1.68 bits per heavy atom. The third kappa shape index (κ3) is 3.54. The van der Waals surface area contributed by atoms with Gasteiger partial charge in [-0.15, -0.1) is 5.10 Å². The highest BCUT2D eigenvalue weighted by Gasteiger charge is 2.14. The molecule has 3 aromatic heterocycles. The summed E-state index contributed by atoms with van der Waals surface area (Å²) < 4.78 is 16.9. The van der Waals surface area contributed by atoms with Crippen molar-refractivity contribution < 1.29 is 4.39 Å². The number of halogens is 1. The number of aromatic nitrogens is 5. The zero-order valence-electron chi connectivity index (χ0n) is 17.2. The lowest BCUT2D eigenvalue weighted by Gasteiger charge is -2.12. The van der Waals surface area contributed by atoms with E-state index in [9.17, 15) is 4.39 Å². The maximum atomic E-state index is 13.3. The summed E-state index contributed by atoms with van der Waals surface area (Å²) in [5.74, 6) is 0.0151. The quantitative estimate of drug-likeness (QED) is 0.456. The summed E-state index contributed by atoms with van der Waals surface area (Å²) >= 11 is 0. The first-order valence-corrected chi connectivity index (χ1v) is 10.0. The fourth-order valence-electron chi connectivity index (χ4n) is 3.80. The number of nitrogens with zero attached hydrogens (tertiary/aromatic N) is 5. The van der Waals surface area contributed by atoms with Crippen molar-refractivity contribution >= 4 is 11.6 Å². The van der Waals surface area contributed by atoms with Crippen LogP contribution in [0.15, 0.2) is 73.1 Å². The molecule has 0 saturated carbocycles. The lowest BCUT2D eigenvalue weighted by Crippen LogP contribution is -2.07. The molecule has 0 radical (unpaired) electrons. The second kappa shape index (κ2) is 7.36. The van der Waals surface area contributed by atoms with E-state index in [1.54, 1.807) is 16.6 Å². The van der Waals surface area contributed by atoms with Crippen LogP contribution in [-0.4, -0.2) is 24.4 Å². The average Bonchev–Trinajstić information content (AvgIpc) is 3.35. The van der Waals surface area contributed by atoms with Crippen molar-refractivity contribution in [3.63, 3.8) is 0 Å². The molecule has 0 fully saturated rings. The van der Waals surface area contributed by atoms with Gasteiger partial charge in [-0.05, 0) is 66.4 Å². The summed E-state index contributed by atoms with van der Waals surface area (Å²) in [6.45, 7) is 4.06. The molecule has 2 N–H and O–H groups in total. The Labute approximate surface area is 178 Å². The molecule has 31 heavy (non-hydrogen) atoms. The first-order chi connectivity index (χ1) is 15.0. The number of hydrogen-bond donors (Lipinski definition) is 1. The summed E-state index contributed by atoms with van der Waals surface area (Å²) in [6.07, 6.45) is 3.90. The molecule has 2 aromatic carbocycles. The fourth-order valence-corrected chi connectivity index (χ4v) is 3.80. The Morgan fingerprint density at radius 3 is 2.48 bits per heavy atom. The third-order valence-electron chi connectivity index (χ3n) is 5.53. The van der Waals surface area contributed by atoms with Crippen LogP contribution >= 0.6 is 0 Å². The van der Waals surface area contributed by atoms with Gasteiger partial charge in [0.15, 0.2) is 5.65 Å². The second-order valence-corrected chi connectivity index (χ2v) is 7.60. The normalized spacial score (nSPS) is 12.4. The van der Waals surface area contributed by atoms with Crippen molar-refractivity contribution in [2.45, 2.75) is 19.9 Å². The molecule has 0 spiro atoms. The predicted octanol–water partition coefficient (Wildman–Crippen LogP) is 4.90. The SMILES string of the molecule is Cc1nn(C(C)c2ccc(F)cc2)cc1-c1cccc(-c2ccn3nc(N)nc3c2)c1. The van der Waals surface area contributed by atoms with Crippen molar-refractivity contribution in [3.8, 4) is 22.3 Å². The van der Waals surface area contributed by atoms with E-state index in [4.69, 9.17) is 10.8 Å². The summed E-state index contributed by atoms with van der Waals surface area (Å²) in [5.41, 5.74) is 12.6. The van der Waals surface area contributed by atoms with Gasteiger partial charge in [0.25, 0.3) is 0 Å². The molecule has 5 aromatic rings. The summed E-state index contributed by atoms with van der Waals surface area (Å²) in [6, 6.07) is 18.8. The van der Waals surface area contributed by atoms with Gasteiger partial charge >= 0.3 is 0 Å². The van der Waals surface area contributed by atoms with Gasteiger partial charge in [0, 0.05) is 18.0 Å². The van der Waals surface area contributed by atoms with E-state index in [2.05, 4.69) is 35.2 Å². The molecular formula is C24H21FN6. The molecule has 0 aliphatic rings. The van der Waals surface area contributed by atoms with Crippen LogP contribution in [-0.2, 0) is 0 Å². The van der Waals surface area contributed by atoms with Crippen molar-refractivity contribution in [3.05, 3.63) is 90.1 Å². The standard InChI is InChI=1S/C24H21FN6/c1-15-22(14-31(28-15)16(2)17-6-8-21(25)9-7-17)20-5-3-4-18(12-20)19-10-11-30-23(13-19)27-24(26)29-30/h3-14,16H,1-2H3,(H2,26,29). The van der Waals surface area contributed by atoms with Gasteiger partial charge in [-0.25, -0.2) is 8.91 Å². The monoisotopic (exact) mass is 412 g/mol. The van der Waals surface area contributed by atoms with E-state index < -0.39 is 0 Å². The maximum absolute atomic E-state index is 13.3. The van der Waals surface area contributed by atoms with Crippen LogP contribution in [0.25, 0.3) is 27.9 Å². The largest absolute Gasteiger partial charge is 0.366 e. The highest BCUT2D eigenvalue weighted by Crippen LogP contribution is 2.30. The van der Waals surface area contributed by atoms with Crippen LogP contribution in [0.2, 0.25) is 0 Å². The molecule has 6 nitrogen and oxygen atoms in total. The minimum atomic E-state index is -0.239. The number of hydrogen-bond acceptors (Lipinski definition) is 4. The second-order valence-electron chi connectivity index (χ2n) is 7.60. The topological polar surface area (TPSA) is 74.0 Å². The van der Waals surface area contributed by atoms with Gasteiger partial charge in [-0.1, -0.05) is 30.3 Å². The molecule has 0 aliphatic heterocycles. The number of fused-ring (bicyclic) bond motifs is 1. The smallest absolute Gasteiger partial charge is 0.240 e. The number of aryl methyl sites for hydroxylation is 1. The van der Waals surface area contributed by atoms with Crippen LogP contribution in [0.1, 0.15) is 24.2 Å². The fraction of sp³-hybridized carbons (Fsp3) is 0.125. The van der Waals surface area contributed by atoms with E-state index >= 15 is 0 Å². The Kier molecular flexibility index (Phi) is 4.51. The van der Waals surface area contributed by atoms with E-state index in [-0.39, 0.29) is 17.8 Å². The predicted molar refractivity (Wildman–Crippen MR) is 119 cm³/mol. The third-order valence-corrected chi connectivity index (χ3v) is 5.53. The van der Waals surface area contributed by atoms with Crippen molar-refractivity contribution in [2.75, 3.05) is 5.73 Å². The van der Waals surface area contributed by atoms with E-state index in [1.165, 1.54) is 12.1 Å². The zero-order valence-corrected chi connectivity index (χ0v) is 17.2. The number of benzene rings is 2. The molecule has 154 valence electrons. The Balaban J connectivity index is 1.50. The minimum Gasteiger partial charge on any atom is -0.366 e. The molecule has 1 atom stereocenters. The lowest BCUT2D eigenvalue weighted by atomic mass is 10.00. The van der Waals surface area contributed by atoms with Gasteiger partial charge in [0.1, 0.15) is 5.82 Å². The van der Waals surface area contributed by atoms with Crippen LogP contribution in [0.4, 0.5) is 10.3 Å². The zero-order chi connectivity index (χ0) is 21.5. The number of pyridine rings is 1. The number of nitrogens with two attached hydrogens (primary N) is 1. The number of nitrogen functional groups attached to an aromatic ring is 1. The first kappa shape index (κ1) is 19.0. The molecule has 3 heterocycles. The Morgan fingerprint density at radius 1 is 0.935 bits per heavy atom. The van der Waals surface area contributed by atoms with Crippen molar-refractivity contribution in [1.82, 2.24) is 24.4 Å². The number of anilines is 1. The molecule has 0 amide bonds. The summed E-state index contributed by atoms with van der Waals surface area (Å²) in [7, 11) is 0. The molecule has 0 saturated heterocycles. The Hall–Kier alpha value is -4.00. The molecular weight excluding hydrogens is 391 g/mol. The van der Waals surface area contributed by atoms with E-state index in [0.29, 0.717) is 5.65 Å². The minimum absolute atomic E-state index is 0.00274. The van der Waals surface area contributed by atoms with Gasteiger partial charge in [-0.3, -0.25) is 4.68 Å². The van der Waals surface area contributed by atoms with Crippen LogP contribution in [0.5, 0.6) is 0 Å². The maximum Gasteiger partial charge on any atom is 0.240 e. The Bertz CT molecular complexity index is 1380. The molecule has 1 unspecified atom stereocenters. The first-order valence-electron chi connectivity index (χ1n) is 10.0.